The first-order valence-electron chi connectivity index (χ1n) is 8.39. The number of nitrogens with zero attached hydrogens (tertiary/aromatic N) is 1. The molecule has 1 fully saturated rings. The maximum absolute atomic E-state index is 12.3. The summed E-state index contributed by atoms with van der Waals surface area (Å²) in [6.07, 6.45) is 0.772. The van der Waals surface area contributed by atoms with Crippen molar-refractivity contribution < 1.29 is 14.3 Å². The molecule has 6 heteroatoms. The molecule has 0 unspecified atom stereocenters. The molecule has 2 aliphatic heterocycles. The molecular formula is C19H19N3O3. The van der Waals surface area contributed by atoms with Crippen molar-refractivity contribution >= 4 is 17.6 Å². The maximum Gasteiger partial charge on any atom is 0.321 e. The van der Waals surface area contributed by atoms with Crippen LogP contribution in [0.25, 0.3) is 0 Å². The Balaban J connectivity index is 1.33. The molecule has 25 heavy (non-hydrogen) atoms. The quantitative estimate of drug-likeness (QED) is 0.896. The predicted molar refractivity (Wildman–Crippen MR) is 94.1 cm³/mol. The summed E-state index contributed by atoms with van der Waals surface area (Å²) in [5.41, 5.74) is 2.54. The minimum Gasteiger partial charge on any atom is -0.488 e. The van der Waals surface area contributed by atoms with Crippen molar-refractivity contribution in [1.29, 1.82) is 0 Å². The first kappa shape index (κ1) is 15.5. The van der Waals surface area contributed by atoms with E-state index in [1.54, 1.807) is 29.2 Å². The van der Waals surface area contributed by atoms with E-state index in [0.717, 1.165) is 17.9 Å². The van der Waals surface area contributed by atoms with Crippen LogP contribution in [-0.4, -0.2) is 37.7 Å². The standard InChI is InChI=1S/C19H19N3O3/c23-18(21-12-16-11-14-3-1-2-4-17(14)25-16)13-5-7-15(8-6-13)22-10-9-20-19(22)24/h1-8,16H,9-12H2,(H,20,24)(H,21,23)/t16-/m0/s1. The topological polar surface area (TPSA) is 70.7 Å². The Morgan fingerprint density at radius 1 is 1.20 bits per heavy atom. The summed E-state index contributed by atoms with van der Waals surface area (Å²) in [5.74, 6) is 0.756. The molecule has 2 N–H and O–H groups in total. The molecule has 4 rings (SSSR count). The number of benzene rings is 2. The molecular weight excluding hydrogens is 318 g/mol. The highest BCUT2D eigenvalue weighted by Gasteiger charge is 2.23. The summed E-state index contributed by atoms with van der Waals surface area (Å²) >= 11 is 0. The van der Waals surface area contributed by atoms with Crippen molar-refractivity contribution in [2.24, 2.45) is 0 Å². The van der Waals surface area contributed by atoms with E-state index >= 15 is 0 Å². The molecule has 0 spiro atoms. The van der Waals surface area contributed by atoms with Gasteiger partial charge in [0, 0.05) is 30.8 Å². The van der Waals surface area contributed by atoms with Crippen LogP contribution in [0.4, 0.5) is 10.5 Å². The molecule has 0 aromatic heterocycles. The minimum atomic E-state index is -0.142. The van der Waals surface area contributed by atoms with Gasteiger partial charge in [-0.05, 0) is 35.9 Å². The number of rotatable bonds is 4. The van der Waals surface area contributed by atoms with Gasteiger partial charge in [0.25, 0.3) is 5.91 Å². The van der Waals surface area contributed by atoms with Crippen LogP contribution in [0.1, 0.15) is 15.9 Å². The van der Waals surface area contributed by atoms with E-state index in [1.807, 2.05) is 24.3 Å². The smallest absolute Gasteiger partial charge is 0.321 e. The molecule has 2 aromatic rings. The lowest BCUT2D eigenvalue weighted by molar-refractivity contribution is 0.0933. The Kier molecular flexibility index (Phi) is 4.01. The number of fused-ring (bicyclic) bond motifs is 1. The number of ether oxygens (including phenoxy) is 1. The van der Waals surface area contributed by atoms with Crippen molar-refractivity contribution in [1.82, 2.24) is 10.6 Å². The third-order valence-corrected chi connectivity index (χ3v) is 4.50. The van der Waals surface area contributed by atoms with Crippen molar-refractivity contribution in [2.75, 3.05) is 24.5 Å². The molecule has 0 saturated carbocycles. The van der Waals surface area contributed by atoms with E-state index in [4.69, 9.17) is 4.74 Å². The van der Waals surface area contributed by atoms with Gasteiger partial charge in [0.05, 0.1) is 6.54 Å². The highest BCUT2D eigenvalue weighted by atomic mass is 16.5. The highest BCUT2D eigenvalue weighted by Crippen LogP contribution is 2.27. The third kappa shape index (κ3) is 3.15. The zero-order valence-corrected chi connectivity index (χ0v) is 13.7. The molecule has 3 amide bonds. The molecule has 2 aromatic carbocycles. The first-order chi connectivity index (χ1) is 12.2. The van der Waals surface area contributed by atoms with Crippen LogP contribution in [0, 0.1) is 0 Å². The van der Waals surface area contributed by atoms with Crippen molar-refractivity contribution in [3.8, 4) is 5.75 Å². The summed E-state index contributed by atoms with van der Waals surface area (Å²) in [7, 11) is 0. The van der Waals surface area contributed by atoms with Crippen molar-refractivity contribution in [2.45, 2.75) is 12.5 Å². The van der Waals surface area contributed by atoms with Gasteiger partial charge in [0.2, 0.25) is 0 Å². The van der Waals surface area contributed by atoms with Gasteiger partial charge in [-0.3, -0.25) is 9.69 Å². The number of urea groups is 1. The average Bonchev–Trinajstić information content (AvgIpc) is 3.25. The first-order valence-corrected chi connectivity index (χ1v) is 8.39. The predicted octanol–water partition coefficient (Wildman–Crippen LogP) is 1.95. The van der Waals surface area contributed by atoms with Gasteiger partial charge in [0.15, 0.2) is 0 Å². The summed E-state index contributed by atoms with van der Waals surface area (Å²) in [4.78, 5) is 25.6. The van der Waals surface area contributed by atoms with Gasteiger partial charge in [-0.1, -0.05) is 18.2 Å². The van der Waals surface area contributed by atoms with Gasteiger partial charge in [-0.15, -0.1) is 0 Å². The van der Waals surface area contributed by atoms with Crippen LogP contribution in [0.5, 0.6) is 5.75 Å². The second-order valence-corrected chi connectivity index (χ2v) is 6.19. The third-order valence-electron chi connectivity index (χ3n) is 4.50. The van der Waals surface area contributed by atoms with E-state index < -0.39 is 0 Å². The SMILES string of the molecule is O=C(NC[C@@H]1Cc2ccccc2O1)c1ccc(N2CCNC2=O)cc1. The molecule has 0 bridgehead atoms. The van der Waals surface area contributed by atoms with Crippen LogP contribution in [0.3, 0.4) is 0 Å². The van der Waals surface area contributed by atoms with E-state index in [9.17, 15) is 9.59 Å². The Bertz CT molecular complexity index is 779. The van der Waals surface area contributed by atoms with E-state index in [1.165, 1.54) is 5.56 Å². The summed E-state index contributed by atoms with van der Waals surface area (Å²) in [5, 5.41) is 5.68. The fraction of sp³-hybridized carbons (Fsp3) is 0.263. The van der Waals surface area contributed by atoms with Gasteiger partial charge in [0.1, 0.15) is 11.9 Å². The van der Waals surface area contributed by atoms with E-state index in [2.05, 4.69) is 10.6 Å². The lowest BCUT2D eigenvalue weighted by Crippen LogP contribution is -2.34. The number of hydrogen-bond donors (Lipinski definition) is 2. The molecule has 2 heterocycles. The molecule has 1 saturated heterocycles. The molecule has 128 valence electrons. The zero-order valence-electron chi connectivity index (χ0n) is 13.7. The molecule has 0 radical (unpaired) electrons. The number of para-hydroxylation sites is 1. The lowest BCUT2D eigenvalue weighted by Gasteiger charge is -2.15. The van der Waals surface area contributed by atoms with Crippen LogP contribution in [0.2, 0.25) is 0 Å². The monoisotopic (exact) mass is 337 g/mol. The Hall–Kier alpha value is -3.02. The Morgan fingerprint density at radius 2 is 2.00 bits per heavy atom. The average molecular weight is 337 g/mol. The number of anilines is 1. The number of hydrogen-bond acceptors (Lipinski definition) is 3. The number of amides is 3. The summed E-state index contributed by atoms with van der Waals surface area (Å²) in [6, 6.07) is 14.9. The van der Waals surface area contributed by atoms with Crippen LogP contribution >= 0.6 is 0 Å². The van der Waals surface area contributed by atoms with Crippen LogP contribution in [-0.2, 0) is 6.42 Å². The van der Waals surface area contributed by atoms with Crippen LogP contribution in [0.15, 0.2) is 48.5 Å². The van der Waals surface area contributed by atoms with E-state index in [0.29, 0.717) is 25.2 Å². The normalized spacial score (nSPS) is 18.5. The van der Waals surface area contributed by atoms with Gasteiger partial charge in [-0.2, -0.15) is 0 Å². The van der Waals surface area contributed by atoms with Crippen LogP contribution < -0.4 is 20.3 Å². The zero-order chi connectivity index (χ0) is 17.2. The second kappa shape index (κ2) is 6.47. The Labute approximate surface area is 145 Å². The maximum atomic E-state index is 12.3. The highest BCUT2D eigenvalue weighted by molar-refractivity contribution is 5.97. The van der Waals surface area contributed by atoms with Gasteiger partial charge < -0.3 is 15.4 Å². The molecule has 1 atom stereocenters. The summed E-state index contributed by atoms with van der Waals surface area (Å²) in [6.45, 7) is 1.75. The van der Waals surface area contributed by atoms with Gasteiger partial charge in [-0.25, -0.2) is 4.79 Å². The fourth-order valence-electron chi connectivity index (χ4n) is 3.19. The number of nitrogens with one attached hydrogen (secondary N) is 2. The molecule has 6 nitrogen and oxygen atoms in total. The number of carbonyl (C=O) groups is 2. The number of carbonyl (C=O) groups excluding carboxylic acids is 2. The fourth-order valence-corrected chi connectivity index (χ4v) is 3.19. The van der Waals surface area contributed by atoms with Gasteiger partial charge >= 0.3 is 6.03 Å². The molecule has 0 aliphatic carbocycles. The second-order valence-electron chi connectivity index (χ2n) is 6.19. The Morgan fingerprint density at radius 3 is 2.72 bits per heavy atom. The van der Waals surface area contributed by atoms with Crippen molar-refractivity contribution in [3.63, 3.8) is 0 Å². The summed E-state index contributed by atoms with van der Waals surface area (Å²) < 4.78 is 5.83. The van der Waals surface area contributed by atoms with Crippen molar-refractivity contribution in [3.05, 3.63) is 59.7 Å². The molecule has 2 aliphatic rings. The lowest BCUT2D eigenvalue weighted by atomic mass is 10.1. The van der Waals surface area contributed by atoms with E-state index in [-0.39, 0.29) is 18.0 Å². The largest absolute Gasteiger partial charge is 0.488 e. The minimum absolute atomic E-state index is 0.0334.